The molecule has 0 fully saturated rings. The van der Waals surface area contributed by atoms with E-state index in [1.165, 1.54) is 0 Å². The zero-order valence-electron chi connectivity index (χ0n) is 9.57. The molecule has 0 saturated carbocycles. The minimum Gasteiger partial charge on any atom is -0.465 e. The summed E-state index contributed by atoms with van der Waals surface area (Å²) in [7, 11) is 0. The van der Waals surface area contributed by atoms with Crippen molar-refractivity contribution >= 4 is 22.9 Å². The summed E-state index contributed by atoms with van der Waals surface area (Å²) in [5.74, 6) is 1.84. The zero-order chi connectivity index (χ0) is 12.3. The van der Waals surface area contributed by atoms with Gasteiger partial charge in [-0.3, -0.25) is 0 Å². The molecule has 0 spiro atoms. The Morgan fingerprint density at radius 3 is 2.47 bits per heavy atom. The van der Waals surface area contributed by atoms with Crippen LogP contribution < -0.4 is 11.1 Å². The highest BCUT2D eigenvalue weighted by atomic mass is 32.1. The number of anilines is 1. The summed E-state index contributed by atoms with van der Waals surface area (Å²) in [5, 5.41) is 3.26. The van der Waals surface area contributed by atoms with Gasteiger partial charge >= 0.3 is 0 Å². The van der Waals surface area contributed by atoms with E-state index in [0.29, 0.717) is 11.5 Å². The van der Waals surface area contributed by atoms with Crippen LogP contribution in [0.4, 0.5) is 5.69 Å². The Kier molecular flexibility index (Phi) is 3.44. The minimum atomic E-state index is 0.415. The molecule has 3 N–H and O–H groups in total. The third-order valence-electron chi connectivity index (χ3n) is 2.43. The minimum absolute atomic E-state index is 0.415. The molecule has 3 nitrogen and oxygen atoms in total. The van der Waals surface area contributed by atoms with Crippen LogP contribution in [0.3, 0.4) is 0 Å². The van der Waals surface area contributed by atoms with Crippen LogP contribution in [0.15, 0.2) is 40.8 Å². The van der Waals surface area contributed by atoms with Gasteiger partial charge < -0.3 is 15.5 Å². The van der Waals surface area contributed by atoms with E-state index in [4.69, 9.17) is 22.4 Å². The molecule has 1 heterocycles. The van der Waals surface area contributed by atoms with Crippen LogP contribution in [0.2, 0.25) is 0 Å². The van der Waals surface area contributed by atoms with Crippen molar-refractivity contribution in [2.75, 3.05) is 5.32 Å². The quantitative estimate of drug-likeness (QED) is 0.814. The predicted octanol–water partition coefficient (Wildman–Crippen LogP) is 2.83. The molecule has 0 bridgehead atoms. The van der Waals surface area contributed by atoms with Gasteiger partial charge in [-0.05, 0) is 43.3 Å². The SMILES string of the molecule is Cc1ccc(CNc2ccc(C(N)=S)cc2)o1. The van der Waals surface area contributed by atoms with Crippen molar-refractivity contribution in [3.8, 4) is 0 Å². The number of rotatable bonds is 4. The molecule has 0 radical (unpaired) electrons. The van der Waals surface area contributed by atoms with Gasteiger partial charge in [0.05, 0.1) is 6.54 Å². The normalized spacial score (nSPS) is 10.2. The Bertz CT molecular complexity index is 516. The first-order valence-electron chi connectivity index (χ1n) is 5.34. The van der Waals surface area contributed by atoms with E-state index >= 15 is 0 Å². The molecule has 0 amide bonds. The first-order chi connectivity index (χ1) is 8.15. The zero-order valence-corrected chi connectivity index (χ0v) is 10.4. The van der Waals surface area contributed by atoms with Crippen molar-refractivity contribution in [3.05, 3.63) is 53.5 Å². The van der Waals surface area contributed by atoms with Gasteiger partial charge in [-0.1, -0.05) is 12.2 Å². The van der Waals surface area contributed by atoms with Crippen molar-refractivity contribution in [1.29, 1.82) is 0 Å². The highest BCUT2D eigenvalue weighted by molar-refractivity contribution is 7.80. The highest BCUT2D eigenvalue weighted by Gasteiger charge is 1.99. The predicted molar refractivity (Wildman–Crippen MR) is 73.1 cm³/mol. The van der Waals surface area contributed by atoms with E-state index in [9.17, 15) is 0 Å². The third-order valence-corrected chi connectivity index (χ3v) is 2.67. The monoisotopic (exact) mass is 246 g/mol. The molecule has 17 heavy (non-hydrogen) atoms. The first kappa shape index (κ1) is 11.7. The first-order valence-corrected chi connectivity index (χ1v) is 5.75. The van der Waals surface area contributed by atoms with Gasteiger partial charge in [0, 0.05) is 11.3 Å². The number of nitrogens with two attached hydrogens (primary N) is 1. The number of hydrogen-bond acceptors (Lipinski definition) is 3. The highest BCUT2D eigenvalue weighted by Crippen LogP contribution is 2.12. The fourth-order valence-corrected chi connectivity index (χ4v) is 1.66. The third kappa shape index (κ3) is 3.07. The van der Waals surface area contributed by atoms with Gasteiger partial charge in [-0.25, -0.2) is 0 Å². The van der Waals surface area contributed by atoms with E-state index in [0.717, 1.165) is 22.8 Å². The molecule has 0 saturated heterocycles. The van der Waals surface area contributed by atoms with E-state index in [1.54, 1.807) is 0 Å². The number of benzene rings is 1. The number of furan rings is 1. The molecular weight excluding hydrogens is 232 g/mol. The fraction of sp³-hybridized carbons (Fsp3) is 0.154. The Morgan fingerprint density at radius 1 is 1.24 bits per heavy atom. The van der Waals surface area contributed by atoms with Crippen molar-refractivity contribution < 1.29 is 4.42 Å². The van der Waals surface area contributed by atoms with Gasteiger partial charge in [0.2, 0.25) is 0 Å². The Hall–Kier alpha value is -1.81. The van der Waals surface area contributed by atoms with E-state index < -0.39 is 0 Å². The van der Waals surface area contributed by atoms with Crippen LogP contribution in [0, 0.1) is 6.92 Å². The fourth-order valence-electron chi connectivity index (χ4n) is 1.52. The lowest BCUT2D eigenvalue weighted by Gasteiger charge is -2.05. The maximum absolute atomic E-state index is 5.53. The number of nitrogens with one attached hydrogen (secondary N) is 1. The molecule has 0 aliphatic heterocycles. The summed E-state index contributed by atoms with van der Waals surface area (Å²) in [6.45, 7) is 2.60. The average molecular weight is 246 g/mol. The summed E-state index contributed by atoms with van der Waals surface area (Å²) < 4.78 is 5.46. The lowest BCUT2D eigenvalue weighted by molar-refractivity contribution is 0.490. The topological polar surface area (TPSA) is 51.2 Å². The van der Waals surface area contributed by atoms with Gasteiger partial charge in [0.1, 0.15) is 16.5 Å². The van der Waals surface area contributed by atoms with Crippen molar-refractivity contribution in [2.45, 2.75) is 13.5 Å². The molecule has 88 valence electrons. The summed E-state index contributed by atoms with van der Waals surface area (Å²) in [6.07, 6.45) is 0. The molecular formula is C13H14N2OS. The van der Waals surface area contributed by atoms with E-state index in [2.05, 4.69) is 5.32 Å². The van der Waals surface area contributed by atoms with Crippen LogP contribution in [0.25, 0.3) is 0 Å². The molecule has 4 heteroatoms. The Labute approximate surface area is 106 Å². The largest absolute Gasteiger partial charge is 0.465 e. The second kappa shape index (κ2) is 5.01. The molecule has 1 aromatic carbocycles. The molecule has 0 aliphatic rings. The van der Waals surface area contributed by atoms with Crippen LogP contribution in [-0.2, 0) is 6.54 Å². The summed E-state index contributed by atoms with van der Waals surface area (Å²) in [4.78, 5) is 0.415. The van der Waals surface area contributed by atoms with Gasteiger partial charge in [-0.15, -0.1) is 0 Å². The molecule has 2 aromatic rings. The molecule has 0 unspecified atom stereocenters. The maximum Gasteiger partial charge on any atom is 0.123 e. The molecule has 0 atom stereocenters. The number of thiocarbonyl (C=S) groups is 1. The van der Waals surface area contributed by atoms with E-state index in [1.807, 2.05) is 43.3 Å². The second-order valence-electron chi connectivity index (χ2n) is 3.81. The smallest absolute Gasteiger partial charge is 0.123 e. The van der Waals surface area contributed by atoms with Crippen molar-refractivity contribution in [3.63, 3.8) is 0 Å². The lowest BCUT2D eigenvalue weighted by Crippen LogP contribution is -2.09. The Morgan fingerprint density at radius 2 is 1.94 bits per heavy atom. The number of aryl methyl sites for hydroxylation is 1. The molecule has 1 aromatic heterocycles. The van der Waals surface area contributed by atoms with Crippen molar-refractivity contribution in [2.24, 2.45) is 5.73 Å². The van der Waals surface area contributed by atoms with Crippen LogP contribution in [0.1, 0.15) is 17.1 Å². The average Bonchev–Trinajstić information content (AvgIpc) is 2.73. The molecule has 0 aliphatic carbocycles. The van der Waals surface area contributed by atoms with Crippen molar-refractivity contribution in [1.82, 2.24) is 0 Å². The lowest BCUT2D eigenvalue weighted by atomic mass is 10.2. The Balaban J connectivity index is 1.97. The van der Waals surface area contributed by atoms with Gasteiger partial charge in [0.15, 0.2) is 0 Å². The standard InChI is InChI=1S/C13H14N2OS/c1-9-2-7-12(16-9)8-15-11-5-3-10(4-6-11)13(14)17/h2-7,15H,8H2,1H3,(H2,14,17). The van der Waals surface area contributed by atoms with E-state index in [-0.39, 0.29) is 0 Å². The maximum atomic E-state index is 5.53. The summed E-state index contributed by atoms with van der Waals surface area (Å²) in [6, 6.07) is 11.6. The van der Waals surface area contributed by atoms with Crippen LogP contribution in [-0.4, -0.2) is 4.99 Å². The van der Waals surface area contributed by atoms with Crippen LogP contribution in [0.5, 0.6) is 0 Å². The number of hydrogen-bond donors (Lipinski definition) is 2. The second-order valence-corrected chi connectivity index (χ2v) is 4.25. The van der Waals surface area contributed by atoms with Crippen LogP contribution >= 0.6 is 12.2 Å². The summed E-state index contributed by atoms with van der Waals surface area (Å²) in [5.41, 5.74) is 7.42. The summed E-state index contributed by atoms with van der Waals surface area (Å²) >= 11 is 4.89. The molecule has 2 rings (SSSR count). The van der Waals surface area contributed by atoms with Gasteiger partial charge in [-0.2, -0.15) is 0 Å². The van der Waals surface area contributed by atoms with Gasteiger partial charge in [0.25, 0.3) is 0 Å².